The summed E-state index contributed by atoms with van der Waals surface area (Å²) in [5.41, 5.74) is 1.43. The van der Waals surface area contributed by atoms with Gasteiger partial charge in [0.2, 0.25) is 5.91 Å². The van der Waals surface area contributed by atoms with Crippen LogP contribution in [-0.4, -0.2) is 95.3 Å². The minimum atomic E-state index is -0.780. The average molecular weight is 920 g/mol. The number of carbonyl (C=O) groups is 3. The Balaban J connectivity index is 0.861. The van der Waals surface area contributed by atoms with E-state index in [0.29, 0.717) is 46.4 Å². The van der Waals surface area contributed by atoms with Gasteiger partial charge in [0.25, 0.3) is 11.8 Å². The van der Waals surface area contributed by atoms with Crippen LogP contribution in [0.4, 0.5) is 5.82 Å². The Bertz CT molecular complexity index is 2450. The number of anilines is 1. The van der Waals surface area contributed by atoms with Gasteiger partial charge in [0, 0.05) is 73.8 Å². The number of amides is 2. The van der Waals surface area contributed by atoms with Crippen molar-refractivity contribution in [3.05, 3.63) is 99.9 Å². The van der Waals surface area contributed by atoms with Crippen molar-refractivity contribution in [3.63, 3.8) is 0 Å². The summed E-state index contributed by atoms with van der Waals surface area (Å²) in [5.74, 6) is -0.906. The van der Waals surface area contributed by atoms with Crippen molar-refractivity contribution in [2.24, 2.45) is 28.6 Å². The summed E-state index contributed by atoms with van der Waals surface area (Å²) in [4.78, 5) is 50.3. The number of aromatic nitrogens is 2. The molecule has 0 radical (unpaired) electrons. The molecule has 1 aliphatic heterocycles. The van der Waals surface area contributed by atoms with Crippen molar-refractivity contribution in [2.45, 2.75) is 91.5 Å². The first-order chi connectivity index (χ1) is 31.4. The fraction of sp³-hybridized carbons (Fsp3) is 0.500. The van der Waals surface area contributed by atoms with E-state index >= 15 is 0 Å². The van der Waals surface area contributed by atoms with Crippen LogP contribution in [0.2, 0.25) is 5.02 Å². The van der Waals surface area contributed by atoms with E-state index in [-0.39, 0.29) is 60.4 Å². The quantitative estimate of drug-likeness (QED) is 0.105. The molecule has 3 N–H and O–H groups in total. The lowest BCUT2D eigenvalue weighted by atomic mass is 9.49. The predicted octanol–water partition coefficient (Wildman–Crippen LogP) is 6.85. The number of pyridine rings is 1. The first-order valence-corrected chi connectivity index (χ1v) is 23.0. The van der Waals surface area contributed by atoms with E-state index in [1.165, 1.54) is 0 Å². The van der Waals surface area contributed by atoms with Crippen LogP contribution in [0.5, 0.6) is 11.6 Å². The molecule has 5 atom stereocenters. The van der Waals surface area contributed by atoms with Gasteiger partial charge in [-0.1, -0.05) is 65.3 Å². The van der Waals surface area contributed by atoms with E-state index in [9.17, 15) is 24.8 Å². The minimum absolute atomic E-state index is 0.166. The van der Waals surface area contributed by atoms with E-state index < -0.39 is 34.7 Å². The first kappa shape index (κ1) is 47.9. The fourth-order valence-electron chi connectivity index (χ4n) is 10.4. The molecular weight excluding hydrogens is 860 g/mol. The molecule has 348 valence electrons. The van der Waals surface area contributed by atoms with E-state index in [4.69, 9.17) is 30.9 Å². The maximum atomic E-state index is 14.2. The van der Waals surface area contributed by atoms with E-state index in [1.54, 1.807) is 60.8 Å². The number of aliphatic hydroxyl groups is 1. The third-order valence-corrected chi connectivity index (χ3v) is 14.0. The van der Waals surface area contributed by atoms with Crippen LogP contribution in [0.1, 0.15) is 106 Å². The lowest BCUT2D eigenvalue weighted by Gasteiger charge is -2.63. The zero-order chi connectivity index (χ0) is 47.5. The number of aliphatic hydroxyl groups excluding tert-OH is 1. The molecule has 2 saturated carbocycles. The summed E-state index contributed by atoms with van der Waals surface area (Å²) in [6, 6.07) is 21.0. The van der Waals surface area contributed by atoms with Crippen LogP contribution in [0.3, 0.4) is 0 Å². The highest BCUT2D eigenvalue weighted by Gasteiger charge is 2.64. The Hall–Kier alpha value is -6.00. The van der Waals surface area contributed by atoms with E-state index in [2.05, 4.69) is 70.4 Å². The number of nitrogens with zero attached hydrogens (tertiary/aromatic N) is 6. The van der Waals surface area contributed by atoms with Crippen LogP contribution in [0, 0.1) is 51.2 Å². The SMILES string of the molecule is CC(C)[C@H](C(=O)C1C[C@H](O)C[C@H]1C(=O)N[C@@H](C)c1ccc(C#N)cc1)c1cc(OCCN2CCN(c3ccc(C(=O)N[C@H]4C(C)(C)[C@H](Oc5ccc(C#N)c(Cl)c5)C4(C)C)cn3)CC2)no1. The normalized spacial score (nSPS) is 23.2. The molecule has 0 bridgehead atoms. The molecule has 2 aliphatic carbocycles. The van der Waals surface area contributed by atoms with Gasteiger partial charge in [-0.25, -0.2) is 4.98 Å². The van der Waals surface area contributed by atoms with Gasteiger partial charge in [0.15, 0.2) is 5.76 Å². The van der Waals surface area contributed by atoms with Gasteiger partial charge < -0.3 is 34.6 Å². The van der Waals surface area contributed by atoms with Gasteiger partial charge in [0.1, 0.15) is 36.1 Å². The number of piperazine rings is 1. The van der Waals surface area contributed by atoms with Gasteiger partial charge in [0.05, 0.1) is 51.8 Å². The smallest absolute Gasteiger partial charge is 0.254 e. The van der Waals surface area contributed by atoms with Crippen molar-refractivity contribution in [1.29, 1.82) is 10.5 Å². The molecule has 7 rings (SSSR count). The first-order valence-electron chi connectivity index (χ1n) is 22.6. The zero-order valence-electron chi connectivity index (χ0n) is 38.6. The molecule has 3 fully saturated rings. The minimum Gasteiger partial charge on any atom is -0.489 e. The third kappa shape index (κ3) is 10.2. The largest absolute Gasteiger partial charge is 0.489 e. The molecule has 15 nitrogen and oxygen atoms in total. The summed E-state index contributed by atoms with van der Waals surface area (Å²) >= 11 is 6.25. The van der Waals surface area contributed by atoms with Gasteiger partial charge in [-0.15, -0.1) is 0 Å². The van der Waals surface area contributed by atoms with Crippen LogP contribution < -0.4 is 25.0 Å². The van der Waals surface area contributed by atoms with E-state index in [0.717, 1.165) is 37.6 Å². The van der Waals surface area contributed by atoms with Gasteiger partial charge in [-0.2, -0.15) is 10.5 Å². The lowest BCUT2D eigenvalue weighted by Crippen LogP contribution is -2.74. The van der Waals surface area contributed by atoms with Crippen molar-refractivity contribution in [3.8, 4) is 23.8 Å². The van der Waals surface area contributed by atoms with Crippen LogP contribution in [0.25, 0.3) is 0 Å². The molecular formula is C50H59ClN8O7. The van der Waals surface area contributed by atoms with Crippen molar-refractivity contribution in [1.82, 2.24) is 25.7 Å². The molecule has 2 aromatic carbocycles. The Morgan fingerprint density at radius 2 is 1.64 bits per heavy atom. The van der Waals surface area contributed by atoms with Crippen LogP contribution in [0.15, 0.2) is 71.4 Å². The number of carbonyl (C=O) groups excluding carboxylic acids is 3. The number of nitriles is 2. The average Bonchev–Trinajstić information content (AvgIpc) is 3.93. The number of ketones is 1. The van der Waals surface area contributed by atoms with Crippen molar-refractivity contribution < 1.29 is 33.5 Å². The molecule has 16 heteroatoms. The topological polar surface area (TPSA) is 207 Å². The number of ether oxygens (including phenoxy) is 2. The Morgan fingerprint density at radius 1 is 0.939 bits per heavy atom. The number of nitrogens with one attached hydrogen (secondary N) is 2. The van der Waals surface area contributed by atoms with Crippen LogP contribution >= 0.6 is 11.6 Å². The van der Waals surface area contributed by atoms with Gasteiger partial charge in [-0.05, 0) is 72.8 Å². The highest BCUT2D eigenvalue weighted by molar-refractivity contribution is 6.31. The second-order valence-corrected chi connectivity index (χ2v) is 19.8. The second-order valence-electron chi connectivity index (χ2n) is 19.4. The van der Waals surface area contributed by atoms with E-state index in [1.807, 2.05) is 26.8 Å². The maximum absolute atomic E-state index is 14.2. The number of hydrogen-bond acceptors (Lipinski definition) is 13. The summed E-state index contributed by atoms with van der Waals surface area (Å²) in [6.07, 6.45) is 0.995. The summed E-state index contributed by atoms with van der Waals surface area (Å²) < 4.78 is 18.1. The van der Waals surface area contributed by atoms with Crippen molar-refractivity contribution >= 4 is 35.0 Å². The zero-order valence-corrected chi connectivity index (χ0v) is 39.3. The third-order valence-electron chi connectivity index (χ3n) is 13.7. The number of Topliss-reactive ketones (excluding diaryl/α,β-unsaturated/α-hetero) is 1. The summed E-state index contributed by atoms with van der Waals surface area (Å²) in [5, 5.41) is 39.7. The number of rotatable bonds is 16. The van der Waals surface area contributed by atoms with Crippen molar-refractivity contribution in [2.75, 3.05) is 44.2 Å². The summed E-state index contributed by atoms with van der Waals surface area (Å²) in [6.45, 7) is 18.0. The Kier molecular flexibility index (Phi) is 14.4. The molecule has 2 amide bonds. The molecule has 2 aromatic heterocycles. The molecule has 1 saturated heterocycles. The fourth-order valence-corrected chi connectivity index (χ4v) is 10.6. The second kappa shape index (κ2) is 19.8. The van der Waals surface area contributed by atoms with Gasteiger partial charge >= 0.3 is 0 Å². The highest BCUT2D eigenvalue weighted by Crippen LogP contribution is 2.55. The Labute approximate surface area is 391 Å². The number of halogens is 1. The molecule has 3 aliphatic rings. The standard InChI is InChI=1S/C50H59ClN8O7/c1-29(2)43(44(61)37-22-35(60)23-38(37)46(63)55-30(3)32-10-8-31(26-52)9-11-32)40-25-42(57-66-40)64-21-20-58-16-18-59(19-17-58)41-15-13-34(28-54-41)45(62)56-47-49(4,5)48(50(47,6)7)65-36-14-12-33(27-53)39(51)24-36/h8-15,24-25,28-30,35,37-38,43,47-48,60H,16-23H2,1-7H3,(H,55,63)(H,56,62)/t30-,35-,37?,38+,43-,47-,48-/m0/s1. The lowest BCUT2D eigenvalue weighted by molar-refractivity contribution is -0.164. The number of hydrogen-bond donors (Lipinski definition) is 3. The predicted molar refractivity (Wildman–Crippen MR) is 247 cm³/mol. The monoisotopic (exact) mass is 918 g/mol. The highest BCUT2D eigenvalue weighted by atomic mass is 35.5. The molecule has 3 heterocycles. The summed E-state index contributed by atoms with van der Waals surface area (Å²) in [7, 11) is 0. The molecule has 0 spiro atoms. The Morgan fingerprint density at radius 3 is 2.26 bits per heavy atom. The van der Waals surface area contributed by atoms with Crippen LogP contribution in [-0.2, 0) is 9.59 Å². The maximum Gasteiger partial charge on any atom is 0.254 e. The number of benzene rings is 2. The molecule has 1 unspecified atom stereocenters. The van der Waals surface area contributed by atoms with Gasteiger partial charge in [-0.3, -0.25) is 19.3 Å². The molecule has 4 aromatic rings. The molecule has 66 heavy (non-hydrogen) atoms.